The van der Waals surface area contributed by atoms with Gasteiger partial charge in [-0.2, -0.15) is 0 Å². The molecule has 4 rings (SSSR count). The third-order valence-electron chi connectivity index (χ3n) is 5.15. The van der Waals surface area contributed by atoms with E-state index in [1.807, 2.05) is 30.3 Å². The van der Waals surface area contributed by atoms with Crippen LogP contribution < -0.4 is 0 Å². The summed E-state index contributed by atoms with van der Waals surface area (Å²) in [6.07, 6.45) is 0.597. The van der Waals surface area contributed by atoms with E-state index in [1.54, 1.807) is 0 Å². The molecular weight excluding hydrogens is 308 g/mol. The molecule has 1 aliphatic rings. The summed E-state index contributed by atoms with van der Waals surface area (Å²) in [4.78, 5) is 2.36. The molecule has 0 amide bonds. The quantitative estimate of drug-likeness (QED) is 0.772. The highest BCUT2D eigenvalue weighted by Crippen LogP contribution is 2.32. The predicted molar refractivity (Wildman–Crippen MR) is 105 cm³/mol. The van der Waals surface area contributed by atoms with Crippen LogP contribution in [0.2, 0.25) is 0 Å². The van der Waals surface area contributed by atoms with Gasteiger partial charge in [-0.3, -0.25) is 0 Å². The van der Waals surface area contributed by atoms with Crippen LogP contribution in [-0.2, 0) is 19.5 Å². The molecular formula is C22H28N2O. The minimum absolute atomic E-state index is 0. The number of aliphatic hydroxyl groups excluding tert-OH is 1. The first-order valence-corrected chi connectivity index (χ1v) is 8.65. The molecule has 25 heavy (non-hydrogen) atoms. The molecule has 0 radical (unpaired) electrons. The standard InChI is InChI=1S/C21H24N2O.CH4/c1-15-8-9-19-18(12-15)17-10-11-22(2)13-20(17)23(19)14-21(24)16-6-4-3-5-7-16;/h3-9,12,21,24H,10-11,13-14H2,1-2H3;1H4. The fourth-order valence-electron chi connectivity index (χ4n) is 3.85. The van der Waals surface area contributed by atoms with Crippen molar-refractivity contribution in [3.8, 4) is 0 Å². The van der Waals surface area contributed by atoms with E-state index in [4.69, 9.17) is 0 Å². The van der Waals surface area contributed by atoms with Gasteiger partial charge in [0.25, 0.3) is 0 Å². The lowest BCUT2D eigenvalue weighted by Crippen LogP contribution is -2.28. The number of likely N-dealkylation sites (N-methyl/N-ethyl adjacent to an activating group) is 1. The van der Waals surface area contributed by atoms with Crippen LogP contribution in [0.4, 0.5) is 0 Å². The maximum absolute atomic E-state index is 10.7. The lowest BCUT2D eigenvalue weighted by Gasteiger charge is -2.25. The molecule has 0 aliphatic carbocycles. The summed E-state index contributed by atoms with van der Waals surface area (Å²) in [5, 5.41) is 12.1. The molecule has 0 bridgehead atoms. The Hall–Kier alpha value is -2.10. The highest BCUT2D eigenvalue weighted by Gasteiger charge is 2.23. The van der Waals surface area contributed by atoms with Crippen molar-refractivity contribution in [3.05, 3.63) is 70.9 Å². The smallest absolute Gasteiger partial charge is 0.0969 e. The number of hydrogen-bond donors (Lipinski definition) is 1. The highest BCUT2D eigenvalue weighted by molar-refractivity contribution is 5.86. The number of benzene rings is 2. The van der Waals surface area contributed by atoms with Gasteiger partial charge in [-0.15, -0.1) is 0 Å². The molecule has 0 fully saturated rings. The van der Waals surface area contributed by atoms with Crippen molar-refractivity contribution >= 4 is 10.9 Å². The third kappa shape index (κ3) is 3.22. The summed E-state index contributed by atoms with van der Waals surface area (Å²) in [6.45, 7) is 4.80. The molecule has 0 saturated carbocycles. The molecule has 1 N–H and O–H groups in total. The van der Waals surface area contributed by atoms with Gasteiger partial charge >= 0.3 is 0 Å². The maximum atomic E-state index is 10.7. The molecule has 0 saturated heterocycles. The fraction of sp³-hybridized carbons (Fsp3) is 0.364. The van der Waals surface area contributed by atoms with Crippen molar-refractivity contribution < 1.29 is 5.11 Å². The van der Waals surface area contributed by atoms with Crippen molar-refractivity contribution in [1.29, 1.82) is 0 Å². The second-order valence-electron chi connectivity index (χ2n) is 6.97. The van der Waals surface area contributed by atoms with Crippen molar-refractivity contribution in [2.75, 3.05) is 13.6 Å². The number of aliphatic hydroxyl groups is 1. The highest BCUT2D eigenvalue weighted by atomic mass is 16.3. The Labute approximate surface area is 150 Å². The van der Waals surface area contributed by atoms with Gasteiger partial charge in [0.15, 0.2) is 0 Å². The molecule has 3 heteroatoms. The third-order valence-corrected chi connectivity index (χ3v) is 5.15. The lowest BCUT2D eigenvalue weighted by molar-refractivity contribution is 0.155. The molecule has 0 spiro atoms. The zero-order chi connectivity index (χ0) is 16.7. The van der Waals surface area contributed by atoms with Crippen molar-refractivity contribution in [1.82, 2.24) is 9.47 Å². The molecule has 2 heterocycles. The van der Waals surface area contributed by atoms with E-state index in [9.17, 15) is 5.11 Å². The van der Waals surface area contributed by atoms with Gasteiger partial charge in [-0.25, -0.2) is 0 Å². The van der Waals surface area contributed by atoms with Gasteiger partial charge in [-0.05, 0) is 43.7 Å². The second-order valence-corrected chi connectivity index (χ2v) is 6.97. The predicted octanol–water partition coefficient (Wildman–Crippen LogP) is 4.31. The van der Waals surface area contributed by atoms with E-state index in [0.29, 0.717) is 6.54 Å². The number of fused-ring (bicyclic) bond motifs is 3. The number of rotatable bonds is 3. The Morgan fingerprint density at radius 2 is 1.88 bits per heavy atom. The van der Waals surface area contributed by atoms with Crippen LogP contribution in [0.5, 0.6) is 0 Å². The van der Waals surface area contributed by atoms with Crippen LogP contribution in [0, 0.1) is 6.92 Å². The summed E-state index contributed by atoms with van der Waals surface area (Å²) in [6, 6.07) is 16.6. The number of nitrogens with zero attached hydrogens (tertiary/aromatic N) is 2. The van der Waals surface area contributed by atoms with Gasteiger partial charge in [0.05, 0.1) is 12.6 Å². The SMILES string of the molecule is C.Cc1ccc2c(c1)c1c(n2CC(O)c2ccccc2)CN(C)CC1. The molecule has 132 valence electrons. The van der Waals surface area contributed by atoms with Gasteiger partial charge in [-0.1, -0.05) is 49.4 Å². The second kappa shape index (κ2) is 7.03. The number of aromatic nitrogens is 1. The molecule has 1 unspecified atom stereocenters. The van der Waals surface area contributed by atoms with E-state index in [-0.39, 0.29) is 7.43 Å². The van der Waals surface area contributed by atoms with E-state index in [1.165, 1.54) is 27.7 Å². The molecule has 3 aromatic rings. The van der Waals surface area contributed by atoms with Gasteiger partial charge in [0, 0.05) is 29.7 Å². The molecule has 3 nitrogen and oxygen atoms in total. The number of hydrogen-bond acceptors (Lipinski definition) is 2. The molecule has 2 aromatic carbocycles. The van der Waals surface area contributed by atoms with Crippen molar-refractivity contribution in [3.63, 3.8) is 0 Å². The minimum atomic E-state index is -0.487. The summed E-state index contributed by atoms with van der Waals surface area (Å²) >= 11 is 0. The first-order chi connectivity index (χ1) is 11.6. The van der Waals surface area contributed by atoms with Crippen molar-refractivity contribution in [2.24, 2.45) is 0 Å². The normalized spacial score (nSPS) is 15.6. The maximum Gasteiger partial charge on any atom is 0.0969 e. The summed E-state index contributed by atoms with van der Waals surface area (Å²) in [5.41, 5.74) is 6.34. The Morgan fingerprint density at radius 3 is 2.64 bits per heavy atom. The minimum Gasteiger partial charge on any atom is -0.387 e. The van der Waals surface area contributed by atoms with E-state index < -0.39 is 6.10 Å². The van der Waals surface area contributed by atoms with E-state index >= 15 is 0 Å². The van der Waals surface area contributed by atoms with Crippen molar-refractivity contribution in [2.45, 2.75) is 40.0 Å². The van der Waals surface area contributed by atoms with Gasteiger partial charge in [0.1, 0.15) is 0 Å². The first-order valence-electron chi connectivity index (χ1n) is 8.65. The molecule has 1 aromatic heterocycles. The Bertz CT molecular complexity index is 867. The zero-order valence-electron chi connectivity index (χ0n) is 14.4. The Kier molecular flexibility index (Phi) is 4.98. The van der Waals surface area contributed by atoms with Crippen LogP contribution in [0.3, 0.4) is 0 Å². The Morgan fingerprint density at radius 1 is 1.12 bits per heavy atom. The average molecular weight is 336 g/mol. The van der Waals surface area contributed by atoms with E-state index in [0.717, 1.165) is 25.1 Å². The summed E-state index contributed by atoms with van der Waals surface area (Å²) in [7, 11) is 2.17. The van der Waals surface area contributed by atoms with Crippen LogP contribution in [-0.4, -0.2) is 28.2 Å². The van der Waals surface area contributed by atoms with Crippen LogP contribution in [0.25, 0.3) is 10.9 Å². The van der Waals surface area contributed by atoms with Crippen LogP contribution in [0.15, 0.2) is 48.5 Å². The van der Waals surface area contributed by atoms with Gasteiger partial charge in [0.2, 0.25) is 0 Å². The van der Waals surface area contributed by atoms with Crippen LogP contribution in [0.1, 0.15) is 35.9 Å². The number of aryl methyl sites for hydroxylation is 1. The molecule has 1 atom stereocenters. The summed E-state index contributed by atoms with van der Waals surface area (Å²) < 4.78 is 2.33. The van der Waals surface area contributed by atoms with E-state index in [2.05, 4.69) is 41.6 Å². The Balaban J connectivity index is 0.00000182. The molecule has 1 aliphatic heterocycles. The van der Waals surface area contributed by atoms with Gasteiger partial charge < -0.3 is 14.6 Å². The fourth-order valence-corrected chi connectivity index (χ4v) is 3.85. The first kappa shape index (κ1) is 17.7. The summed E-state index contributed by atoms with van der Waals surface area (Å²) in [5.74, 6) is 0. The lowest BCUT2D eigenvalue weighted by atomic mass is 10.0. The average Bonchev–Trinajstić information content (AvgIpc) is 2.88. The largest absolute Gasteiger partial charge is 0.387 e. The topological polar surface area (TPSA) is 28.4 Å². The zero-order valence-corrected chi connectivity index (χ0v) is 14.4. The van der Waals surface area contributed by atoms with Crippen LogP contribution >= 0.6 is 0 Å². The monoisotopic (exact) mass is 336 g/mol.